The number of ether oxygens (including phenoxy) is 1. The van der Waals surface area contributed by atoms with Crippen molar-refractivity contribution in [3.8, 4) is 17.5 Å². The van der Waals surface area contributed by atoms with E-state index in [-0.39, 0.29) is 29.6 Å². The molecule has 0 aromatic carbocycles. The normalized spacial score (nSPS) is 12.6. The highest BCUT2D eigenvalue weighted by Gasteiger charge is 2.24. The quantitative estimate of drug-likeness (QED) is 0.565. The molecule has 0 saturated carbocycles. The van der Waals surface area contributed by atoms with Gasteiger partial charge < -0.3 is 19.6 Å². The van der Waals surface area contributed by atoms with E-state index < -0.39 is 21.1 Å². The molecule has 0 aliphatic heterocycles. The number of hydrogen-bond acceptors (Lipinski definition) is 9. The number of nitrogens with zero attached hydrogens (tertiary/aromatic N) is 3. The summed E-state index contributed by atoms with van der Waals surface area (Å²) < 4.78 is 34.0. The van der Waals surface area contributed by atoms with Crippen LogP contribution in [0.1, 0.15) is 5.56 Å². The molecule has 2 N–H and O–H groups in total. The summed E-state index contributed by atoms with van der Waals surface area (Å²) in [6.07, 6.45) is 1.48. The van der Waals surface area contributed by atoms with Gasteiger partial charge in [-0.25, -0.2) is 13.4 Å². The number of anilines is 1. The van der Waals surface area contributed by atoms with Crippen molar-refractivity contribution in [2.45, 2.75) is 11.3 Å². The van der Waals surface area contributed by atoms with Crippen LogP contribution >= 0.6 is 0 Å². The Balaban J connectivity index is 2.68. The molecule has 2 rings (SSSR count). The molecule has 0 bridgehead atoms. The third kappa shape index (κ3) is 3.65. The number of hydrogen-bond donors (Lipinski definition) is 2. The van der Waals surface area contributed by atoms with Gasteiger partial charge in [-0.2, -0.15) is 10.2 Å². The van der Waals surface area contributed by atoms with Crippen LogP contribution in [0.3, 0.4) is 0 Å². The molecule has 1 atom stereocenters. The Hall–Kier alpha value is -2.48. The van der Waals surface area contributed by atoms with Gasteiger partial charge >= 0.3 is 0 Å². The van der Waals surface area contributed by atoms with Crippen molar-refractivity contribution in [1.29, 1.82) is 5.26 Å². The van der Waals surface area contributed by atoms with E-state index in [1.807, 2.05) is 0 Å². The van der Waals surface area contributed by atoms with E-state index in [1.54, 1.807) is 18.2 Å². The Morgan fingerprint density at radius 2 is 2.26 bits per heavy atom. The van der Waals surface area contributed by atoms with E-state index in [9.17, 15) is 13.7 Å². The Morgan fingerprint density at radius 3 is 2.74 bits per heavy atom. The first-order valence-corrected chi connectivity index (χ1v) is 8.26. The number of methoxy groups -OCH3 is 1. The van der Waals surface area contributed by atoms with Gasteiger partial charge in [-0.15, -0.1) is 0 Å². The van der Waals surface area contributed by atoms with Crippen LogP contribution in [0, 0.1) is 11.3 Å². The second-order valence-corrected chi connectivity index (χ2v) is 6.42. The molecule has 0 aliphatic rings. The van der Waals surface area contributed by atoms with Gasteiger partial charge in [-0.3, -0.25) is 0 Å². The molecule has 2 heterocycles. The first kappa shape index (κ1) is 16.9. The van der Waals surface area contributed by atoms with Crippen LogP contribution in [0.15, 0.2) is 27.8 Å². The van der Waals surface area contributed by atoms with Crippen molar-refractivity contribution in [3.63, 3.8) is 0 Å². The fourth-order valence-electron chi connectivity index (χ4n) is 1.79. The number of aromatic nitrogens is 2. The number of aliphatic hydroxyl groups is 1. The number of nitrogens with one attached hydrogen (secondary N) is 1. The molecule has 1 unspecified atom stereocenters. The lowest BCUT2D eigenvalue weighted by Gasteiger charge is -2.15. The van der Waals surface area contributed by atoms with Crippen LogP contribution in [-0.4, -0.2) is 49.7 Å². The monoisotopic (exact) mass is 338 g/mol. The van der Waals surface area contributed by atoms with Gasteiger partial charge in [-0.05, 0) is 12.1 Å². The van der Waals surface area contributed by atoms with Crippen LogP contribution in [0.2, 0.25) is 0 Å². The van der Waals surface area contributed by atoms with Crippen molar-refractivity contribution >= 4 is 15.8 Å². The molecule has 0 spiro atoms. The standard InChI is InChI=1S/C13H14N4O5S/c1-21-10(7-18)15-13-16-11(9-4-3-5-22-9)8(6-14)12(17-13)23(2,19)20/h3-5,10,18H,7H2,1-2H3,(H,15,16,17). The van der Waals surface area contributed by atoms with Crippen LogP contribution < -0.4 is 5.32 Å². The molecular weight excluding hydrogens is 324 g/mol. The molecule has 0 aliphatic carbocycles. The maximum atomic E-state index is 11.9. The molecule has 122 valence electrons. The van der Waals surface area contributed by atoms with Gasteiger partial charge in [0.15, 0.2) is 26.9 Å². The lowest BCUT2D eigenvalue weighted by molar-refractivity contribution is 0.0680. The first-order chi connectivity index (χ1) is 10.9. The van der Waals surface area contributed by atoms with Crippen LogP contribution in [0.5, 0.6) is 0 Å². The fourth-order valence-corrected chi connectivity index (χ4v) is 2.55. The first-order valence-electron chi connectivity index (χ1n) is 6.37. The zero-order valence-electron chi connectivity index (χ0n) is 12.3. The zero-order chi connectivity index (χ0) is 17.0. The van der Waals surface area contributed by atoms with Crippen molar-refractivity contribution in [3.05, 3.63) is 24.0 Å². The van der Waals surface area contributed by atoms with Crippen molar-refractivity contribution in [2.75, 3.05) is 25.3 Å². The summed E-state index contributed by atoms with van der Waals surface area (Å²) >= 11 is 0. The number of furan rings is 1. The van der Waals surface area contributed by atoms with Crippen molar-refractivity contribution in [2.24, 2.45) is 0 Å². The average Bonchev–Trinajstić information content (AvgIpc) is 3.05. The highest BCUT2D eigenvalue weighted by molar-refractivity contribution is 7.90. The zero-order valence-corrected chi connectivity index (χ0v) is 13.2. The summed E-state index contributed by atoms with van der Waals surface area (Å²) in [6.45, 7) is -0.385. The molecular formula is C13H14N4O5S. The van der Waals surface area contributed by atoms with Gasteiger partial charge in [0.05, 0.1) is 12.9 Å². The lowest BCUT2D eigenvalue weighted by atomic mass is 10.2. The van der Waals surface area contributed by atoms with Gasteiger partial charge in [0.2, 0.25) is 5.95 Å². The third-order valence-electron chi connectivity index (χ3n) is 2.83. The minimum absolute atomic E-state index is 0.0308. The third-order valence-corrected chi connectivity index (χ3v) is 3.83. The van der Waals surface area contributed by atoms with Crippen LogP contribution in [0.25, 0.3) is 11.5 Å². The molecule has 0 amide bonds. The summed E-state index contributed by atoms with van der Waals surface area (Å²) in [6, 6.07) is 4.92. The summed E-state index contributed by atoms with van der Waals surface area (Å²) in [5, 5.41) is 20.6. The minimum Gasteiger partial charge on any atom is -0.463 e. The van der Waals surface area contributed by atoms with Crippen LogP contribution in [0.4, 0.5) is 5.95 Å². The Labute approximate surface area is 132 Å². The van der Waals surface area contributed by atoms with Gasteiger partial charge in [0.25, 0.3) is 0 Å². The molecule has 0 fully saturated rings. The fraction of sp³-hybridized carbons (Fsp3) is 0.308. The van der Waals surface area contributed by atoms with E-state index in [4.69, 9.17) is 14.3 Å². The SMILES string of the molecule is COC(CO)Nc1nc(-c2ccco2)c(C#N)c(S(C)(=O)=O)n1. The molecule has 9 nitrogen and oxygen atoms in total. The number of sulfone groups is 1. The molecule has 2 aromatic heterocycles. The second kappa shape index (κ2) is 6.74. The highest BCUT2D eigenvalue weighted by Crippen LogP contribution is 2.27. The van der Waals surface area contributed by atoms with E-state index in [1.165, 1.54) is 13.4 Å². The Bertz CT molecular complexity index is 823. The largest absolute Gasteiger partial charge is 0.463 e. The number of nitriles is 1. The van der Waals surface area contributed by atoms with Gasteiger partial charge in [0, 0.05) is 13.4 Å². The van der Waals surface area contributed by atoms with E-state index in [0.717, 1.165) is 6.26 Å². The number of rotatable bonds is 6. The maximum Gasteiger partial charge on any atom is 0.226 e. The summed E-state index contributed by atoms with van der Waals surface area (Å²) in [5.74, 6) is 0.103. The van der Waals surface area contributed by atoms with Gasteiger partial charge in [0.1, 0.15) is 17.3 Å². The smallest absolute Gasteiger partial charge is 0.226 e. The van der Waals surface area contributed by atoms with Crippen LogP contribution in [-0.2, 0) is 14.6 Å². The van der Waals surface area contributed by atoms with Gasteiger partial charge in [-0.1, -0.05) is 0 Å². The Kier molecular flexibility index (Phi) is 4.95. The lowest BCUT2D eigenvalue weighted by Crippen LogP contribution is -2.27. The minimum atomic E-state index is -3.79. The summed E-state index contributed by atoms with van der Waals surface area (Å²) in [4.78, 5) is 7.96. The molecule has 0 saturated heterocycles. The van der Waals surface area contributed by atoms with Crippen molar-refractivity contribution < 1.29 is 22.7 Å². The molecule has 2 aromatic rings. The highest BCUT2D eigenvalue weighted by atomic mass is 32.2. The topological polar surface area (TPSA) is 138 Å². The van der Waals surface area contributed by atoms with E-state index in [2.05, 4.69) is 15.3 Å². The van der Waals surface area contributed by atoms with Crippen molar-refractivity contribution in [1.82, 2.24) is 9.97 Å². The molecule has 23 heavy (non-hydrogen) atoms. The molecule has 0 radical (unpaired) electrons. The second-order valence-electron chi connectivity index (χ2n) is 4.49. The predicted octanol–water partition coefficient (Wildman–Crippen LogP) is 0.388. The summed E-state index contributed by atoms with van der Waals surface area (Å²) in [5.41, 5.74) is -0.186. The predicted molar refractivity (Wildman–Crippen MR) is 79.1 cm³/mol. The summed E-state index contributed by atoms with van der Waals surface area (Å²) in [7, 11) is -2.44. The average molecular weight is 338 g/mol. The van der Waals surface area contributed by atoms with E-state index >= 15 is 0 Å². The molecule has 10 heteroatoms. The van der Waals surface area contributed by atoms with E-state index in [0.29, 0.717) is 0 Å². The number of aliphatic hydroxyl groups excluding tert-OH is 1. The Morgan fingerprint density at radius 1 is 1.52 bits per heavy atom. The maximum absolute atomic E-state index is 11.9.